The van der Waals surface area contributed by atoms with E-state index in [9.17, 15) is 4.79 Å². The zero-order valence-corrected chi connectivity index (χ0v) is 8.37. The molecule has 0 bridgehead atoms. The molecular formula is C11H11ClO2. The lowest BCUT2D eigenvalue weighted by Crippen LogP contribution is -1.82. The smallest absolute Gasteiger partial charge is 0.150 e. The second-order valence-corrected chi connectivity index (χ2v) is 3.29. The third-order valence-electron chi connectivity index (χ3n) is 1.68. The Bertz CT molecular complexity index is 345. The summed E-state index contributed by atoms with van der Waals surface area (Å²) in [4.78, 5) is 10.5. The van der Waals surface area contributed by atoms with Gasteiger partial charge in [-0.1, -0.05) is 23.8 Å². The Hall–Kier alpha value is -1.12. The molecule has 1 rings (SSSR count). The molecule has 14 heavy (non-hydrogen) atoms. The van der Waals surface area contributed by atoms with Crippen molar-refractivity contribution in [3.8, 4) is 0 Å². The fraction of sp³-hybridized carbons (Fsp3) is 0.182. The van der Waals surface area contributed by atoms with Crippen molar-refractivity contribution in [2.24, 2.45) is 0 Å². The molecule has 0 heterocycles. The van der Waals surface area contributed by atoms with Gasteiger partial charge in [0, 0.05) is 17.2 Å². The van der Waals surface area contributed by atoms with Crippen LogP contribution >= 0.6 is 11.6 Å². The number of aliphatic hydroxyl groups is 1. The first-order chi connectivity index (χ1) is 6.76. The molecule has 0 aliphatic rings. The number of carbonyl (C=O) groups is 1. The van der Waals surface area contributed by atoms with Gasteiger partial charge in [-0.05, 0) is 30.2 Å². The van der Waals surface area contributed by atoms with Gasteiger partial charge in [0.15, 0.2) is 0 Å². The molecule has 3 heteroatoms. The van der Waals surface area contributed by atoms with E-state index in [0.717, 1.165) is 11.8 Å². The van der Waals surface area contributed by atoms with Crippen molar-refractivity contribution in [3.63, 3.8) is 0 Å². The van der Waals surface area contributed by atoms with Gasteiger partial charge in [-0.25, -0.2) is 0 Å². The van der Waals surface area contributed by atoms with Crippen LogP contribution in [-0.4, -0.2) is 18.0 Å². The van der Waals surface area contributed by atoms with Gasteiger partial charge in [0.1, 0.15) is 6.29 Å². The lowest BCUT2D eigenvalue weighted by molar-refractivity contribution is 0.112. The normalized spacial score (nSPS) is 10.7. The minimum Gasteiger partial charge on any atom is -0.396 e. The average molecular weight is 211 g/mol. The van der Waals surface area contributed by atoms with Crippen molar-refractivity contribution in [1.29, 1.82) is 0 Å². The number of aliphatic hydroxyl groups excluding tert-OH is 1. The second kappa shape index (κ2) is 5.58. The Kier molecular flexibility index (Phi) is 4.36. The molecule has 1 aromatic rings. The molecule has 0 aromatic heterocycles. The minimum atomic E-state index is 0.123. The highest BCUT2D eigenvalue weighted by molar-refractivity contribution is 6.31. The maximum absolute atomic E-state index is 10.5. The van der Waals surface area contributed by atoms with Crippen LogP contribution in [0.4, 0.5) is 0 Å². The summed E-state index contributed by atoms with van der Waals surface area (Å²) in [6.07, 6.45) is 5.02. The average Bonchev–Trinajstić information content (AvgIpc) is 2.17. The van der Waals surface area contributed by atoms with Crippen molar-refractivity contribution in [2.45, 2.75) is 6.42 Å². The van der Waals surface area contributed by atoms with Crippen LogP contribution in [0.25, 0.3) is 6.08 Å². The summed E-state index contributed by atoms with van der Waals surface area (Å²) in [6, 6.07) is 5.12. The molecule has 0 fully saturated rings. The third-order valence-corrected chi connectivity index (χ3v) is 1.90. The number of aldehydes is 1. The second-order valence-electron chi connectivity index (χ2n) is 2.85. The summed E-state index contributed by atoms with van der Waals surface area (Å²) >= 11 is 5.80. The van der Waals surface area contributed by atoms with E-state index in [1.54, 1.807) is 18.2 Å². The minimum absolute atomic E-state index is 0.123. The third kappa shape index (κ3) is 3.32. The quantitative estimate of drug-likeness (QED) is 0.776. The summed E-state index contributed by atoms with van der Waals surface area (Å²) in [5.74, 6) is 0. The van der Waals surface area contributed by atoms with Crippen LogP contribution in [-0.2, 0) is 0 Å². The van der Waals surface area contributed by atoms with Crippen molar-refractivity contribution in [2.75, 3.05) is 6.61 Å². The zero-order valence-electron chi connectivity index (χ0n) is 7.61. The van der Waals surface area contributed by atoms with E-state index < -0.39 is 0 Å². The number of carbonyl (C=O) groups excluding carboxylic acids is 1. The predicted molar refractivity (Wildman–Crippen MR) is 57.6 cm³/mol. The van der Waals surface area contributed by atoms with Crippen LogP contribution in [0.2, 0.25) is 5.02 Å². The van der Waals surface area contributed by atoms with E-state index in [1.165, 1.54) is 0 Å². The number of hydrogen-bond donors (Lipinski definition) is 1. The zero-order chi connectivity index (χ0) is 10.4. The van der Waals surface area contributed by atoms with Gasteiger partial charge in [-0.15, -0.1) is 0 Å². The van der Waals surface area contributed by atoms with Crippen LogP contribution in [0, 0.1) is 0 Å². The summed E-state index contributed by atoms with van der Waals surface area (Å²) in [5, 5.41) is 9.11. The lowest BCUT2D eigenvalue weighted by Gasteiger charge is -1.97. The Morgan fingerprint density at radius 2 is 2.00 bits per heavy atom. The number of halogens is 1. The maximum Gasteiger partial charge on any atom is 0.150 e. The van der Waals surface area contributed by atoms with Crippen molar-refractivity contribution >= 4 is 24.0 Å². The topological polar surface area (TPSA) is 37.3 Å². The molecule has 0 radical (unpaired) electrons. The fourth-order valence-corrected chi connectivity index (χ4v) is 1.35. The number of benzene rings is 1. The van der Waals surface area contributed by atoms with Gasteiger partial charge >= 0.3 is 0 Å². The highest BCUT2D eigenvalue weighted by atomic mass is 35.5. The van der Waals surface area contributed by atoms with Gasteiger partial charge < -0.3 is 5.11 Å². The molecule has 74 valence electrons. The number of rotatable bonds is 4. The van der Waals surface area contributed by atoms with E-state index in [-0.39, 0.29) is 6.61 Å². The van der Waals surface area contributed by atoms with Crippen LogP contribution in [0.3, 0.4) is 0 Å². The van der Waals surface area contributed by atoms with Crippen LogP contribution in [0.1, 0.15) is 22.3 Å². The first-order valence-corrected chi connectivity index (χ1v) is 4.67. The Balaban J connectivity index is 2.86. The van der Waals surface area contributed by atoms with E-state index in [4.69, 9.17) is 16.7 Å². The van der Waals surface area contributed by atoms with Gasteiger partial charge in [-0.3, -0.25) is 4.79 Å². The molecule has 0 aliphatic heterocycles. The monoisotopic (exact) mass is 210 g/mol. The molecule has 0 atom stereocenters. The Morgan fingerprint density at radius 3 is 2.64 bits per heavy atom. The van der Waals surface area contributed by atoms with Crippen LogP contribution in [0.15, 0.2) is 24.3 Å². The molecule has 0 saturated carbocycles. The van der Waals surface area contributed by atoms with Crippen molar-refractivity contribution < 1.29 is 9.90 Å². The summed E-state index contributed by atoms with van der Waals surface area (Å²) in [7, 11) is 0. The van der Waals surface area contributed by atoms with Crippen molar-refractivity contribution in [3.05, 3.63) is 40.4 Å². The van der Waals surface area contributed by atoms with Gasteiger partial charge in [0.2, 0.25) is 0 Å². The molecule has 0 aliphatic carbocycles. The highest BCUT2D eigenvalue weighted by Gasteiger charge is 1.95. The van der Waals surface area contributed by atoms with E-state index in [2.05, 4.69) is 0 Å². The Labute approximate surface area is 87.8 Å². The molecule has 0 spiro atoms. The maximum atomic E-state index is 10.5. The van der Waals surface area contributed by atoms with Gasteiger partial charge in [0.25, 0.3) is 0 Å². The highest BCUT2D eigenvalue weighted by Crippen LogP contribution is 2.15. The molecule has 0 unspecified atom stereocenters. The molecule has 1 N–H and O–H groups in total. The van der Waals surface area contributed by atoms with E-state index in [1.807, 2.05) is 12.2 Å². The van der Waals surface area contributed by atoms with Gasteiger partial charge in [0.05, 0.1) is 0 Å². The predicted octanol–water partition coefficient (Wildman–Crippen LogP) is 2.55. The standard InChI is InChI=1S/C11H11ClO2/c12-11-6-9(3-1-2-4-13)5-10(7-11)8-14/h1,3,5-8,13H,2,4H2. The molecule has 2 nitrogen and oxygen atoms in total. The van der Waals surface area contributed by atoms with E-state index >= 15 is 0 Å². The van der Waals surface area contributed by atoms with Gasteiger partial charge in [-0.2, -0.15) is 0 Å². The molecule has 1 aromatic carbocycles. The summed E-state index contributed by atoms with van der Waals surface area (Å²) in [6.45, 7) is 0.123. The SMILES string of the molecule is O=Cc1cc(Cl)cc(C=CCCO)c1. The van der Waals surface area contributed by atoms with Crippen LogP contribution < -0.4 is 0 Å². The molecule has 0 saturated heterocycles. The first-order valence-electron chi connectivity index (χ1n) is 4.29. The lowest BCUT2D eigenvalue weighted by atomic mass is 10.1. The molecular weight excluding hydrogens is 200 g/mol. The largest absolute Gasteiger partial charge is 0.396 e. The molecule has 0 amide bonds. The summed E-state index contributed by atoms with van der Waals surface area (Å²) < 4.78 is 0. The van der Waals surface area contributed by atoms with Crippen LogP contribution in [0.5, 0.6) is 0 Å². The Morgan fingerprint density at radius 1 is 1.29 bits per heavy atom. The first kappa shape index (κ1) is 11.0. The van der Waals surface area contributed by atoms with Crippen molar-refractivity contribution in [1.82, 2.24) is 0 Å². The number of hydrogen-bond acceptors (Lipinski definition) is 2. The summed E-state index contributed by atoms with van der Waals surface area (Å²) in [5.41, 5.74) is 1.43. The fourth-order valence-electron chi connectivity index (χ4n) is 1.09. The van der Waals surface area contributed by atoms with E-state index in [0.29, 0.717) is 17.0 Å².